The van der Waals surface area contributed by atoms with Crippen molar-refractivity contribution in [2.24, 2.45) is 4.99 Å². The number of hydrogen-bond acceptors (Lipinski definition) is 3. The summed E-state index contributed by atoms with van der Waals surface area (Å²) in [5.74, 6) is -1.85. The highest BCUT2D eigenvalue weighted by molar-refractivity contribution is 7.02. The highest BCUT2D eigenvalue weighted by Gasteiger charge is 2.07. The molecule has 0 bridgehead atoms. The van der Waals surface area contributed by atoms with Gasteiger partial charge in [-0.1, -0.05) is 24.3 Å². The second-order valence-corrected chi connectivity index (χ2v) is 5.35. The summed E-state index contributed by atoms with van der Waals surface area (Å²) in [6, 6.07) is 12.7. The van der Waals surface area contributed by atoms with E-state index in [0.717, 1.165) is 23.7 Å². The van der Waals surface area contributed by atoms with Crippen LogP contribution in [0.4, 0.5) is 14.5 Å². The molecule has 7 heteroatoms. The fraction of sp³-hybridized carbons (Fsp3) is 0.0667. The van der Waals surface area contributed by atoms with Gasteiger partial charge >= 0.3 is 5.69 Å². The largest absolute Gasteiger partial charge is 0.337 e. The number of halogens is 2. The maximum atomic E-state index is 13.3. The Morgan fingerprint density at radius 2 is 1.86 bits per heavy atom. The number of nitrogens with zero attached hydrogens (tertiary/aromatic N) is 2. The van der Waals surface area contributed by atoms with Crippen molar-refractivity contribution in [3.63, 3.8) is 0 Å². The van der Waals surface area contributed by atoms with Gasteiger partial charge in [-0.15, -0.1) is 0 Å². The SMILES string of the molecule is O=c1[nH]sc(=Nc2ccccc2)n1Cc1ccc(F)c(F)c1. The van der Waals surface area contributed by atoms with Crippen LogP contribution >= 0.6 is 11.5 Å². The Balaban J connectivity index is 2.01. The third kappa shape index (κ3) is 3.04. The van der Waals surface area contributed by atoms with Crippen LogP contribution in [-0.4, -0.2) is 8.94 Å². The monoisotopic (exact) mass is 319 g/mol. The van der Waals surface area contributed by atoms with Crippen LogP contribution in [-0.2, 0) is 6.54 Å². The lowest BCUT2D eigenvalue weighted by Gasteiger charge is -2.02. The quantitative estimate of drug-likeness (QED) is 0.793. The summed E-state index contributed by atoms with van der Waals surface area (Å²) in [4.78, 5) is 16.7. The van der Waals surface area contributed by atoms with Gasteiger partial charge in [0.1, 0.15) is 0 Å². The first-order valence-electron chi connectivity index (χ1n) is 6.45. The first-order chi connectivity index (χ1) is 10.6. The fourth-order valence-electron chi connectivity index (χ4n) is 1.94. The zero-order chi connectivity index (χ0) is 15.5. The lowest BCUT2D eigenvalue weighted by atomic mass is 10.2. The van der Waals surface area contributed by atoms with E-state index in [1.54, 1.807) is 0 Å². The van der Waals surface area contributed by atoms with Crippen molar-refractivity contribution in [3.8, 4) is 0 Å². The van der Waals surface area contributed by atoms with Gasteiger partial charge in [0.2, 0.25) is 4.80 Å². The van der Waals surface area contributed by atoms with Crippen LogP contribution in [0.5, 0.6) is 0 Å². The van der Waals surface area contributed by atoms with Crippen LogP contribution in [0.1, 0.15) is 5.56 Å². The van der Waals surface area contributed by atoms with E-state index in [9.17, 15) is 13.6 Å². The highest BCUT2D eigenvalue weighted by atomic mass is 32.1. The second kappa shape index (κ2) is 6.07. The Bertz CT molecular complexity index is 912. The van der Waals surface area contributed by atoms with E-state index < -0.39 is 11.6 Å². The summed E-state index contributed by atoms with van der Waals surface area (Å²) < 4.78 is 30.2. The predicted octanol–water partition coefficient (Wildman–Crippen LogP) is 2.80. The lowest BCUT2D eigenvalue weighted by Crippen LogP contribution is -2.27. The Kier molecular flexibility index (Phi) is 3.97. The number of nitrogens with one attached hydrogen (secondary N) is 1. The zero-order valence-corrected chi connectivity index (χ0v) is 12.1. The van der Waals surface area contributed by atoms with E-state index in [1.807, 2.05) is 30.3 Å². The third-order valence-electron chi connectivity index (χ3n) is 3.01. The molecule has 1 heterocycles. The van der Waals surface area contributed by atoms with E-state index in [4.69, 9.17) is 0 Å². The Hall–Kier alpha value is -2.54. The standard InChI is InChI=1S/C15H11F2N3OS/c16-12-7-6-10(8-13(12)17)9-20-14(21)19-22-15(20)18-11-4-2-1-3-5-11/h1-8H,9H2,(H,19,21). The van der Waals surface area contributed by atoms with E-state index in [1.165, 1.54) is 10.6 Å². The lowest BCUT2D eigenvalue weighted by molar-refractivity contribution is 0.506. The molecule has 0 atom stereocenters. The summed E-state index contributed by atoms with van der Waals surface area (Å²) in [5.41, 5.74) is 0.846. The van der Waals surface area contributed by atoms with E-state index >= 15 is 0 Å². The molecule has 1 N–H and O–H groups in total. The highest BCUT2D eigenvalue weighted by Crippen LogP contribution is 2.10. The Labute approximate surface area is 128 Å². The number of H-pyrrole nitrogens is 1. The number of hydrogen-bond donors (Lipinski definition) is 1. The van der Waals surface area contributed by atoms with Gasteiger partial charge in [-0.3, -0.25) is 8.94 Å². The molecule has 0 aliphatic heterocycles. The molecule has 0 saturated carbocycles. The van der Waals surface area contributed by atoms with Crippen molar-refractivity contribution < 1.29 is 8.78 Å². The number of benzene rings is 2. The molecule has 112 valence electrons. The third-order valence-corrected chi connectivity index (χ3v) is 3.78. The normalized spacial score (nSPS) is 11.8. The average molecular weight is 319 g/mol. The van der Waals surface area contributed by atoms with Crippen LogP contribution < -0.4 is 10.5 Å². The first-order valence-corrected chi connectivity index (χ1v) is 7.27. The molecule has 22 heavy (non-hydrogen) atoms. The number of aromatic nitrogens is 2. The van der Waals surface area contributed by atoms with Gasteiger partial charge in [0.15, 0.2) is 11.6 Å². The molecule has 1 aromatic heterocycles. The molecular formula is C15H11F2N3OS. The molecule has 0 saturated heterocycles. The number of rotatable bonds is 3. The molecule has 0 spiro atoms. The van der Waals surface area contributed by atoms with Gasteiger partial charge in [-0.2, -0.15) is 0 Å². The van der Waals surface area contributed by atoms with Gasteiger partial charge in [0, 0.05) is 0 Å². The molecule has 3 rings (SSSR count). The van der Waals surface area contributed by atoms with E-state index in [0.29, 0.717) is 16.1 Å². The molecular weight excluding hydrogens is 308 g/mol. The molecule has 0 unspecified atom stereocenters. The summed E-state index contributed by atoms with van der Waals surface area (Å²) in [6.07, 6.45) is 0. The smallest absolute Gasteiger partial charge is 0.263 e. The van der Waals surface area contributed by atoms with Crippen molar-refractivity contribution in [1.82, 2.24) is 8.94 Å². The van der Waals surface area contributed by atoms with Gasteiger partial charge < -0.3 is 0 Å². The van der Waals surface area contributed by atoms with Crippen LogP contribution in [0.3, 0.4) is 0 Å². The minimum absolute atomic E-state index is 0.113. The topological polar surface area (TPSA) is 50.1 Å². The summed E-state index contributed by atoms with van der Waals surface area (Å²) in [7, 11) is 0. The van der Waals surface area contributed by atoms with E-state index in [2.05, 4.69) is 9.37 Å². The molecule has 0 aliphatic carbocycles. The van der Waals surface area contributed by atoms with Crippen molar-refractivity contribution in [1.29, 1.82) is 0 Å². The molecule has 0 fully saturated rings. The predicted molar refractivity (Wildman–Crippen MR) is 80.1 cm³/mol. The van der Waals surface area contributed by atoms with Crippen LogP contribution in [0, 0.1) is 11.6 Å². The van der Waals surface area contributed by atoms with E-state index in [-0.39, 0.29) is 12.2 Å². The fourth-order valence-corrected chi connectivity index (χ4v) is 2.64. The number of aromatic amines is 1. The van der Waals surface area contributed by atoms with Gasteiger partial charge in [-0.05, 0) is 41.4 Å². The van der Waals surface area contributed by atoms with Crippen molar-refractivity contribution in [2.45, 2.75) is 6.54 Å². The molecule has 0 aliphatic rings. The van der Waals surface area contributed by atoms with Gasteiger partial charge in [0.25, 0.3) is 0 Å². The summed E-state index contributed by atoms with van der Waals surface area (Å²) in [5, 5.41) is 0. The van der Waals surface area contributed by atoms with Crippen molar-refractivity contribution in [3.05, 3.63) is 81.0 Å². The Morgan fingerprint density at radius 1 is 1.09 bits per heavy atom. The first kappa shape index (κ1) is 14.4. The van der Waals surface area contributed by atoms with Gasteiger partial charge in [0.05, 0.1) is 12.2 Å². The molecule has 0 radical (unpaired) electrons. The maximum absolute atomic E-state index is 13.3. The van der Waals surface area contributed by atoms with Crippen LogP contribution in [0.15, 0.2) is 58.3 Å². The van der Waals surface area contributed by atoms with Crippen molar-refractivity contribution >= 4 is 17.2 Å². The molecule has 4 nitrogen and oxygen atoms in total. The average Bonchev–Trinajstić information content (AvgIpc) is 2.85. The maximum Gasteiger partial charge on any atom is 0.337 e. The zero-order valence-electron chi connectivity index (χ0n) is 11.3. The minimum Gasteiger partial charge on any atom is -0.263 e. The Morgan fingerprint density at radius 3 is 2.59 bits per heavy atom. The second-order valence-electron chi connectivity index (χ2n) is 4.57. The summed E-state index contributed by atoms with van der Waals surface area (Å²) in [6.45, 7) is 0.113. The number of para-hydroxylation sites is 1. The molecule has 0 amide bonds. The molecule has 2 aromatic carbocycles. The summed E-state index contributed by atoms with van der Waals surface area (Å²) >= 11 is 1.09. The van der Waals surface area contributed by atoms with Gasteiger partial charge in [-0.25, -0.2) is 18.6 Å². The molecule has 3 aromatic rings. The van der Waals surface area contributed by atoms with Crippen molar-refractivity contribution in [2.75, 3.05) is 0 Å². The van der Waals surface area contributed by atoms with Crippen LogP contribution in [0.25, 0.3) is 0 Å². The van der Waals surface area contributed by atoms with Crippen LogP contribution in [0.2, 0.25) is 0 Å². The minimum atomic E-state index is -0.939.